The van der Waals surface area contributed by atoms with Crippen LogP contribution in [0, 0.1) is 0 Å². The Balaban J connectivity index is -0.000000166. The Bertz CT molecular complexity index is 749. The third-order valence-electron chi connectivity index (χ3n) is 4.57. The van der Waals surface area contributed by atoms with Crippen LogP contribution in [-0.4, -0.2) is 153 Å². The number of carboxylic acid groups (broad SMARTS) is 3. The third kappa shape index (κ3) is 43.2. The lowest BCUT2D eigenvalue weighted by Crippen LogP contribution is -2.43. The van der Waals surface area contributed by atoms with Gasteiger partial charge < -0.3 is 50.6 Å². The maximum Gasteiger partial charge on any atom is 0.320 e. The van der Waals surface area contributed by atoms with Crippen LogP contribution in [-0.2, 0) is 38.2 Å². The van der Waals surface area contributed by atoms with Crippen molar-refractivity contribution in [3.63, 3.8) is 0 Å². The number of carbonyl (C=O) groups excluding carboxylic acids is 3. The third-order valence-corrected chi connectivity index (χ3v) is 4.57. The minimum atomic E-state index is -0.986. The predicted octanol–water partition coefficient (Wildman–Crippen LogP) is -0.964. The van der Waals surface area contributed by atoms with Gasteiger partial charge in [-0.25, -0.2) is 0 Å². The lowest BCUT2D eigenvalue weighted by atomic mass is 10.3. The van der Waals surface area contributed by atoms with Gasteiger partial charge in [0.15, 0.2) is 0 Å². The molecule has 0 bridgehead atoms. The van der Waals surface area contributed by atoms with Crippen LogP contribution in [0.15, 0.2) is 0 Å². The number of aliphatic hydroxyl groups excluding tert-OH is 3. The summed E-state index contributed by atoms with van der Waals surface area (Å²) < 4.78 is 9.50. The maximum absolute atomic E-state index is 10.9. The number of esters is 2. The number of ketones is 1. The molecule has 0 radical (unpaired) electrons. The standard InChI is InChI=1S/C11H19NO6.C7H15NO4.C3H7NO2.C3H6O.C3H8O/c1-8(11(15)16)12(4-6-17-9(2)13)5-7-18-10(3)14;1-6(7(11)12)8(2-4-9)3-5-10;1-2(4)3(5)6;1-3(2)4;1-2-3-4/h8H,4-7H2,1-3H3,(H,15,16);6,9-10H,2-5H2,1H3,(H,11,12);2H,4H2,1H3,(H,5,6);1-2H3;4H,2-3H2,1H3. The molecule has 262 valence electrons. The van der Waals surface area contributed by atoms with Crippen molar-refractivity contribution in [3.8, 4) is 0 Å². The summed E-state index contributed by atoms with van der Waals surface area (Å²) in [7, 11) is 0. The number of carbonyl (C=O) groups is 6. The summed E-state index contributed by atoms with van der Waals surface area (Å²) in [6, 6.07) is -2.13. The van der Waals surface area contributed by atoms with E-state index in [1.165, 1.54) is 53.4 Å². The molecule has 3 unspecified atom stereocenters. The molecule has 0 spiro atoms. The van der Waals surface area contributed by atoms with Gasteiger partial charge in [-0.15, -0.1) is 0 Å². The van der Waals surface area contributed by atoms with E-state index in [4.69, 9.17) is 45.8 Å². The zero-order chi connectivity index (χ0) is 35.8. The Kier molecular flexibility index (Phi) is 39.3. The van der Waals surface area contributed by atoms with Gasteiger partial charge in [0.1, 0.15) is 37.1 Å². The van der Waals surface area contributed by atoms with E-state index in [1.807, 2.05) is 6.92 Å². The summed E-state index contributed by atoms with van der Waals surface area (Å²) in [5, 5.41) is 50.4. The predicted molar refractivity (Wildman–Crippen MR) is 160 cm³/mol. The van der Waals surface area contributed by atoms with Crippen molar-refractivity contribution in [1.29, 1.82) is 0 Å². The van der Waals surface area contributed by atoms with Gasteiger partial charge in [-0.2, -0.15) is 0 Å². The Morgan fingerprint density at radius 3 is 1.02 bits per heavy atom. The molecule has 0 heterocycles. The van der Waals surface area contributed by atoms with Gasteiger partial charge in [-0.1, -0.05) is 6.92 Å². The fourth-order valence-electron chi connectivity index (χ4n) is 2.18. The van der Waals surface area contributed by atoms with Crippen molar-refractivity contribution in [3.05, 3.63) is 0 Å². The van der Waals surface area contributed by atoms with Crippen molar-refractivity contribution >= 4 is 35.6 Å². The summed E-state index contributed by atoms with van der Waals surface area (Å²) in [6.07, 6.45) is 0.875. The van der Waals surface area contributed by atoms with Crippen LogP contribution < -0.4 is 5.73 Å². The normalized spacial score (nSPS) is 11.7. The second kappa shape index (κ2) is 34.3. The number of hydrogen-bond acceptors (Lipinski definition) is 14. The number of ether oxygens (including phenoxy) is 2. The molecule has 44 heavy (non-hydrogen) atoms. The molecule has 0 fully saturated rings. The summed E-state index contributed by atoms with van der Waals surface area (Å²) in [5.74, 6) is -3.57. The highest BCUT2D eigenvalue weighted by Gasteiger charge is 2.21. The van der Waals surface area contributed by atoms with Crippen molar-refractivity contribution < 1.29 is 68.9 Å². The number of aliphatic hydroxyl groups is 3. The molecule has 8 N–H and O–H groups in total. The Morgan fingerprint density at radius 1 is 0.614 bits per heavy atom. The molecular weight excluding hydrogens is 590 g/mol. The number of rotatable bonds is 16. The molecule has 0 aromatic carbocycles. The highest BCUT2D eigenvalue weighted by atomic mass is 16.5. The first-order valence-electron chi connectivity index (χ1n) is 13.7. The Labute approximate surface area is 259 Å². The number of nitrogens with two attached hydrogens (primary N) is 1. The van der Waals surface area contributed by atoms with E-state index in [2.05, 4.69) is 0 Å². The van der Waals surface area contributed by atoms with E-state index < -0.39 is 48.0 Å². The van der Waals surface area contributed by atoms with E-state index in [-0.39, 0.29) is 58.4 Å². The highest BCUT2D eigenvalue weighted by Crippen LogP contribution is 2.00. The summed E-state index contributed by atoms with van der Waals surface area (Å²) in [6.45, 7) is 13.4. The molecule has 17 heteroatoms. The van der Waals surface area contributed by atoms with Crippen LogP contribution in [0.5, 0.6) is 0 Å². The SMILES string of the molecule is CC(=O)OCCN(CCOC(C)=O)C(C)C(=O)O.CC(C(=O)O)N(CCO)CCO.CC(C)=O.CC(N)C(=O)O.CCCO. The number of carboxylic acids is 3. The number of aliphatic carboxylic acids is 3. The molecular formula is C27H55N3O14. The highest BCUT2D eigenvalue weighted by molar-refractivity contribution is 5.73. The number of nitrogens with zero attached hydrogens (tertiary/aromatic N) is 2. The first-order chi connectivity index (χ1) is 20.3. The van der Waals surface area contributed by atoms with E-state index in [0.717, 1.165) is 6.42 Å². The summed E-state index contributed by atoms with van der Waals surface area (Å²) in [5.41, 5.74) is 4.84. The molecule has 17 nitrogen and oxygen atoms in total. The van der Waals surface area contributed by atoms with Crippen LogP contribution in [0.25, 0.3) is 0 Å². The van der Waals surface area contributed by atoms with Gasteiger partial charge in [0.05, 0.1) is 13.2 Å². The number of hydrogen-bond donors (Lipinski definition) is 7. The zero-order valence-corrected chi connectivity index (χ0v) is 27.2. The van der Waals surface area contributed by atoms with E-state index in [0.29, 0.717) is 6.61 Å². The average molecular weight is 646 g/mol. The van der Waals surface area contributed by atoms with Gasteiger partial charge in [0.2, 0.25) is 0 Å². The van der Waals surface area contributed by atoms with Gasteiger partial charge in [-0.3, -0.25) is 33.8 Å². The largest absolute Gasteiger partial charge is 0.480 e. The topological polar surface area (TPSA) is 275 Å². The molecule has 0 aromatic rings. The van der Waals surface area contributed by atoms with Gasteiger partial charge in [-0.05, 0) is 41.0 Å². The van der Waals surface area contributed by atoms with Crippen LogP contribution in [0.2, 0.25) is 0 Å². The van der Waals surface area contributed by atoms with E-state index in [9.17, 15) is 28.8 Å². The smallest absolute Gasteiger partial charge is 0.320 e. The Morgan fingerprint density at radius 2 is 0.864 bits per heavy atom. The minimum absolute atomic E-state index is 0.0996. The van der Waals surface area contributed by atoms with Crippen molar-refractivity contribution in [2.45, 2.75) is 79.9 Å². The van der Waals surface area contributed by atoms with Crippen LogP contribution in [0.1, 0.15) is 61.8 Å². The molecule has 0 rings (SSSR count). The average Bonchev–Trinajstić information content (AvgIpc) is 2.91. The van der Waals surface area contributed by atoms with Gasteiger partial charge in [0.25, 0.3) is 0 Å². The fourth-order valence-corrected chi connectivity index (χ4v) is 2.18. The second-order valence-corrected chi connectivity index (χ2v) is 8.99. The monoisotopic (exact) mass is 645 g/mol. The molecule has 0 aliphatic rings. The molecule has 0 saturated heterocycles. The lowest BCUT2D eigenvalue weighted by Gasteiger charge is -2.25. The van der Waals surface area contributed by atoms with Gasteiger partial charge in [0, 0.05) is 46.6 Å². The second-order valence-electron chi connectivity index (χ2n) is 8.99. The van der Waals surface area contributed by atoms with E-state index >= 15 is 0 Å². The minimum Gasteiger partial charge on any atom is -0.480 e. The molecule has 3 atom stereocenters. The summed E-state index contributed by atoms with van der Waals surface area (Å²) >= 11 is 0. The van der Waals surface area contributed by atoms with Crippen molar-refractivity contribution in [2.75, 3.05) is 59.2 Å². The maximum atomic E-state index is 10.9. The van der Waals surface area contributed by atoms with E-state index in [1.54, 1.807) is 4.90 Å². The number of Topliss-reactive ketones (excluding diaryl/α,β-unsaturated/α-hetero) is 1. The summed E-state index contributed by atoms with van der Waals surface area (Å²) in [4.78, 5) is 64.7. The molecule has 0 aliphatic heterocycles. The zero-order valence-electron chi connectivity index (χ0n) is 27.2. The van der Waals surface area contributed by atoms with Crippen molar-refractivity contribution in [2.24, 2.45) is 5.73 Å². The Hall–Kier alpha value is -3.22. The lowest BCUT2D eigenvalue weighted by molar-refractivity contribution is -0.146. The van der Waals surface area contributed by atoms with Crippen LogP contribution >= 0.6 is 0 Å². The fraction of sp³-hybridized carbons (Fsp3) is 0.778. The van der Waals surface area contributed by atoms with Crippen LogP contribution in [0.3, 0.4) is 0 Å². The molecule has 0 amide bonds. The first kappa shape index (κ1) is 50.4. The van der Waals surface area contributed by atoms with Crippen molar-refractivity contribution in [1.82, 2.24) is 9.80 Å². The van der Waals surface area contributed by atoms with Gasteiger partial charge >= 0.3 is 29.8 Å². The first-order valence-corrected chi connectivity index (χ1v) is 13.7. The molecule has 0 aromatic heterocycles. The van der Waals surface area contributed by atoms with Crippen LogP contribution in [0.4, 0.5) is 0 Å². The molecule has 0 aliphatic carbocycles. The molecule has 0 saturated carbocycles. The quantitative estimate of drug-likeness (QED) is 0.0995.